The Morgan fingerprint density at radius 1 is 0.682 bits per heavy atom. The van der Waals surface area contributed by atoms with E-state index in [2.05, 4.69) is 23.2 Å². The summed E-state index contributed by atoms with van der Waals surface area (Å²) in [7, 11) is 0. The molecule has 0 fully saturated rings. The van der Waals surface area contributed by atoms with Gasteiger partial charge in [0.1, 0.15) is 0 Å². The fraction of sp³-hybridized carbons (Fsp3) is 0. The molecule has 0 atom stereocenters. The van der Waals surface area contributed by atoms with Crippen molar-refractivity contribution in [2.75, 3.05) is 11.5 Å². The monoisotopic (exact) mass is 285 g/mol. The molecule has 0 saturated carbocycles. The van der Waals surface area contributed by atoms with Crippen LogP contribution in [-0.2, 0) is 0 Å². The lowest BCUT2D eigenvalue weighted by Gasteiger charge is -2.04. The molecule has 3 aromatic rings. The van der Waals surface area contributed by atoms with Crippen molar-refractivity contribution in [3.63, 3.8) is 0 Å². The van der Waals surface area contributed by atoms with E-state index in [1.165, 1.54) is 16.7 Å². The first-order valence-electron chi connectivity index (χ1n) is 7.14. The highest BCUT2D eigenvalue weighted by Gasteiger charge is 2.23. The second-order valence-corrected chi connectivity index (χ2v) is 5.45. The molecule has 0 saturated heterocycles. The maximum Gasteiger partial charge on any atom is 0.0320 e. The molecule has 0 radical (unpaired) electrons. The van der Waals surface area contributed by atoms with Crippen molar-refractivity contribution in [1.29, 1.82) is 0 Å². The molecule has 3 nitrogen and oxygen atoms in total. The van der Waals surface area contributed by atoms with Crippen LogP contribution in [0.4, 0.5) is 11.4 Å². The molecule has 0 aliphatic heterocycles. The second-order valence-electron chi connectivity index (χ2n) is 5.45. The van der Waals surface area contributed by atoms with Crippen LogP contribution in [0.3, 0.4) is 0 Å². The molecule has 4 N–H and O–H groups in total. The number of nitrogens with two attached hydrogens (primary N) is 2. The minimum absolute atomic E-state index is 0.761. The molecule has 1 aliphatic rings. The Labute approximate surface area is 128 Å². The summed E-state index contributed by atoms with van der Waals surface area (Å²) in [5, 5.41) is 0. The van der Waals surface area contributed by atoms with Gasteiger partial charge >= 0.3 is 0 Å². The van der Waals surface area contributed by atoms with Gasteiger partial charge in [-0.1, -0.05) is 12.1 Å². The third kappa shape index (κ3) is 1.95. The molecule has 4 rings (SSSR count). The van der Waals surface area contributed by atoms with E-state index < -0.39 is 0 Å². The minimum Gasteiger partial charge on any atom is -0.399 e. The van der Waals surface area contributed by atoms with Gasteiger partial charge in [-0.05, 0) is 75.9 Å². The predicted molar refractivity (Wildman–Crippen MR) is 91.9 cm³/mol. The Hall–Kier alpha value is -3.07. The molecule has 3 heteroatoms. The van der Waals surface area contributed by atoms with Gasteiger partial charge in [0.05, 0.1) is 0 Å². The van der Waals surface area contributed by atoms with Gasteiger partial charge in [-0.25, -0.2) is 0 Å². The maximum absolute atomic E-state index is 5.97. The van der Waals surface area contributed by atoms with Crippen molar-refractivity contribution < 1.29 is 0 Å². The number of nitrogen functional groups attached to an aromatic ring is 2. The van der Waals surface area contributed by atoms with Crippen LogP contribution >= 0.6 is 0 Å². The van der Waals surface area contributed by atoms with Gasteiger partial charge in [0.15, 0.2) is 0 Å². The zero-order valence-electron chi connectivity index (χ0n) is 12.0. The number of nitrogens with zero attached hydrogens (tertiary/aromatic N) is 1. The fourth-order valence-electron chi connectivity index (χ4n) is 2.97. The molecule has 1 aliphatic carbocycles. The van der Waals surface area contributed by atoms with E-state index in [1.54, 1.807) is 12.4 Å². The Kier molecular flexibility index (Phi) is 2.73. The summed E-state index contributed by atoms with van der Waals surface area (Å²) in [6, 6.07) is 16.1. The molecule has 0 unspecified atom stereocenters. The summed E-state index contributed by atoms with van der Waals surface area (Å²) in [4.78, 5) is 4.07. The van der Waals surface area contributed by atoms with Crippen LogP contribution < -0.4 is 11.5 Å². The van der Waals surface area contributed by atoms with Crippen LogP contribution in [0.15, 0.2) is 60.9 Å². The number of fused-ring (bicyclic) bond motifs is 3. The van der Waals surface area contributed by atoms with Crippen molar-refractivity contribution >= 4 is 23.0 Å². The van der Waals surface area contributed by atoms with E-state index in [4.69, 9.17) is 11.5 Å². The number of pyridine rings is 1. The molecular formula is C19H15N3. The zero-order valence-corrected chi connectivity index (χ0v) is 12.0. The summed E-state index contributed by atoms with van der Waals surface area (Å²) in [6.45, 7) is 0. The topological polar surface area (TPSA) is 64.9 Å². The zero-order chi connectivity index (χ0) is 15.1. The van der Waals surface area contributed by atoms with E-state index >= 15 is 0 Å². The molecule has 2 aromatic carbocycles. The normalized spacial score (nSPS) is 11.9. The summed E-state index contributed by atoms with van der Waals surface area (Å²) in [5.41, 5.74) is 20.4. The van der Waals surface area contributed by atoms with Crippen molar-refractivity contribution in [2.45, 2.75) is 0 Å². The Morgan fingerprint density at radius 3 is 1.77 bits per heavy atom. The summed E-state index contributed by atoms with van der Waals surface area (Å²) in [6.07, 6.45) is 5.78. The highest BCUT2D eigenvalue weighted by Crippen LogP contribution is 2.46. The quantitative estimate of drug-likeness (QED) is 0.523. The minimum atomic E-state index is 0.761. The highest BCUT2D eigenvalue weighted by molar-refractivity contribution is 6.07. The lowest BCUT2D eigenvalue weighted by molar-refractivity contribution is 1.32. The highest BCUT2D eigenvalue weighted by atomic mass is 14.6. The molecular weight excluding hydrogens is 270 g/mol. The number of anilines is 2. The molecule has 0 spiro atoms. The third-order valence-corrected chi connectivity index (χ3v) is 3.97. The van der Waals surface area contributed by atoms with Crippen LogP contribution in [0.25, 0.3) is 22.8 Å². The lowest BCUT2D eigenvalue weighted by atomic mass is 10.0. The first kappa shape index (κ1) is 12.7. The van der Waals surface area contributed by atoms with Crippen LogP contribution in [0.5, 0.6) is 0 Å². The van der Waals surface area contributed by atoms with Gasteiger partial charge in [-0.3, -0.25) is 4.98 Å². The number of hydrogen-bond donors (Lipinski definition) is 2. The van der Waals surface area contributed by atoms with Crippen LogP contribution in [0, 0.1) is 0 Å². The number of benzene rings is 2. The van der Waals surface area contributed by atoms with Crippen LogP contribution in [0.2, 0.25) is 0 Å². The summed E-state index contributed by atoms with van der Waals surface area (Å²) < 4.78 is 0. The van der Waals surface area contributed by atoms with Gasteiger partial charge in [0.25, 0.3) is 0 Å². The van der Waals surface area contributed by atoms with Crippen molar-refractivity contribution in [2.24, 2.45) is 0 Å². The van der Waals surface area contributed by atoms with E-state index in [1.807, 2.05) is 36.4 Å². The third-order valence-electron chi connectivity index (χ3n) is 3.97. The number of rotatable bonds is 1. The molecule has 22 heavy (non-hydrogen) atoms. The Balaban J connectivity index is 2.00. The second kappa shape index (κ2) is 4.74. The van der Waals surface area contributed by atoms with Crippen molar-refractivity contribution in [3.05, 3.63) is 77.6 Å². The Morgan fingerprint density at radius 2 is 1.23 bits per heavy atom. The largest absolute Gasteiger partial charge is 0.399 e. The van der Waals surface area contributed by atoms with Gasteiger partial charge in [0.2, 0.25) is 0 Å². The van der Waals surface area contributed by atoms with Gasteiger partial charge in [-0.2, -0.15) is 0 Å². The number of hydrogen-bond acceptors (Lipinski definition) is 3. The number of aromatic nitrogens is 1. The van der Waals surface area contributed by atoms with E-state index in [-0.39, 0.29) is 0 Å². The maximum atomic E-state index is 5.97. The first-order valence-corrected chi connectivity index (χ1v) is 7.14. The first-order chi connectivity index (χ1) is 10.7. The predicted octanol–water partition coefficient (Wildman–Crippen LogP) is 3.82. The van der Waals surface area contributed by atoms with Crippen LogP contribution in [0.1, 0.15) is 16.7 Å². The summed E-state index contributed by atoms with van der Waals surface area (Å²) >= 11 is 0. The van der Waals surface area contributed by atoms with Crippen molar-refractivity contribution in [3.8, 4) is 11.1 Å². The molecule has 106 valence electrons. The van der Waals surface area contributed by atoms with E-state index in [0.29, 0.717) is 0 Å². The SMILES string of the molecule is Nc1ccc2c(c1)-c1cc(N)ccc1C2=Cc1ccncc1. The van der Waals surface area contributed by atoms with Gasteiger partial charge < -0.3 is 11.5 Å². The average Bonchev–Trinajstić information content (AvgIpc) is 2.81. The smallest absolute Gasteiger partial charge is 0.0320 e. The average molecular weight is 285 g/mol. The molecule has 1 aromatic heterocycles. The fourth-order valence-corrected chi connectivity index (χ4v) is 2.97. The van der Waals surface area contributed by atoms with Crippen molar-refractivity contribution in [1.82, 2.24) is 4.98 Å². The van der Waals surface area contributed by atoms with E-state index in [9.17, 15) is 0 Å². The summed E-state index contributed by atoms with van der Waals surface area (Å²) in [5.74, 6) is 0. The molecule has 1 heterocycles. The van der Waals surface area contributed by atoms with Crippen LogP contribution in [-0.4, -0.2) is 4.98 Å². The lowest BCUT2D eigenvalue weighted by Crippen LogP contribution is -1.87. The standard InChI is InChI=1S/C19H15N3/c20-13-1-3-15-17(9-12-5-7-22-8-6-12)16-4-2-14(21)11-19(16)18(15)10-13/h1-11H,20-21H2. The van der Waals surface area contributed by atoms with Gasteiger partial charge in [-0.15, -0.1) is 0 Å². The van der Waals surface area contributed by atoms with E-state index in [0.717, 1.165) is 28.1 Å². The molecule has 0 amide bonds. The Bertz CT molecular complexity index is 842. The van der Waals surface area contributed by atoms with Gasteiger partial charge in [0, 0.05) is 23.8 Å². The molecule has 0 bridgehead atoms.